The molecular formula is C13H10Cl2O2. The van der Waals surface area contributed by atoms with Crippen molar-refractivity contribution in [3.05, 3.63) is 27.2 Å². The number of carbonyl (C=O) groups excluding carboxylic acids is 1. The minimum absolute atomic E-state index is 0.0208. The number of ketones is 1. The summed E-state index contributed by atoms with van der Waals surface area (Å²) < 4.78 is 5.11. The van der Waals surface area contributed by atoms with Crippen molar-refractivity contribution in [1.29, 1.82) is 0 Å². The fourth-order valence-corrected chi connectivity index (χ4v) is 2.63. The number of ether oxygens (including phenoxy) is 1. The van der Waals surface area contributed by atoms with Crippen LogP contribution < -0.4 is 4.74 Å². The quantitative estimate of drug-likeness (QED) is 0.769. The number of halogens is 2. The molecule has 0 aliphatic heterocycles. The number of rotatable bonds is 2. The highest BCUT2D eigenvalue weighted by atomic mass is 35.5. The second-order valence-electron chi connectivity index (χ2n) is 3.91. The lowest BCUT2D eigenvalue weighted by Gasteiger charge is -2.08. The molecule has 1 unspecified atom stereocenters. The molecule has 2 rings (SSSR count). The third-order valence-corrected chi connectivity index (χ3v) is 3.77. The number of Topliss-reactive ketones (excluding diaryl/α,β-unsaturated/α-hetero) is 1. The fourth-order valence-electron chi connectivity index (χ4n) is 2.10. The van der Waals surface area contributed by atoms with Gasteiger partial charge in [0.1, 0.15) is 10.8 Å². The molecule has 0 spiro atoms. The normalized spacial score (nSPS) is 17.8. The Morgan fingerprint density at radius 1 is 1.53 bits per heavy atom. The molecule has 4 heteroatoms. The van der Waals surface area contributed by atoms with Crippen LogP contribution in [0.2, 0.25) is 10.0 Å². The predicted molar refractivity (Wildman–Crippen MR) is 68.0 cm³/mol. The molecule has 0 saturated carbocycles. The van der Waals surface area contributed by atoms with Crippen LogP contribution in [0.5, 0.6) is 5.75 Å². The van der Waals surface area contributed by atoms with E-state index in [1.54, 1.807) is 6.07 Å². The zero-order valence-electron chi connectivity index (χ0n) is 9.22. The van der Waals surface area contributed by atoms with Gasteiger partial charge in [-0.2, -0.15) is 0 Å². The van der Waals surface area contributed by atoms with Crippen LogP contribution in [-0.2, 0) is 6.42 Å². The molecule has 17 heavy (non-hydrogen) atoms. The molecule has 0 amide bonds. The van der Waals surface area contributed by atoms with Crippen LogP contribution in [0, 0.1) is 18.3 Å². The van der Waals surface area contributed by atoms with E-state index in [0.29, 0.717) is 24.2 Å². The summed E-state index contributed by atoms with van der Waals surface area (Å²) in [6.07, 6.45) is 6.27. The Kier molecular flexibility index (Phi) is 3.33. The van der Waals surface area contributed by atoms with Gasteiger partial charge >= 0.3 is 0 Å². The summed E-state index contributed by atoms with van der Waals surface area (Å²) in [6.45, 7) is 0. The van der Waals surface area contributed by atoms with Gasteiger partial charge in [0.05, 0.1) is 12.1 Å². The first kappa shape index (κ1) is 12.3. The van der Waals surface area contributed by atoms with Crippen LogP contribution in [0.15, 0.2) is 6.07 Å². The molecule has 0 fully saturated rings. The van der Waals surface area contributed by atoms with E-state index in [-0.39, 0.29) is 21.7 Å². The van der Waals surface area contributed by atoms with E-state index in [4.69, 9.17) is 34.4 Å². The number of benzene rings is 1. The Bertz CT molecular complexity index is 529. The summed E-state index contributed by atoms with van der Waals surface area (Å²) in [6, 6.07) is 1.76. The van der Waals surface area contributed by atoms with Crippen LogP contribution >= 0.6 is 23.2 Å². The maximum Gasteiger partial charge on any atom is 0.169 e. The topological polar surface area (TPSA) is 26.3 Å². The Morgan fingerprint density at radius 2 is 2.24 bits per heavy atom. The maximum atomic E-state index is 12.1. The van der Waals surface area contributed by atoms with Gasteiger partial charge in [-0.05, 0) is 18.1 Å². The molecule has 0 radical (unpaired) electrons. The van der Waals surface area contributed by atoms with E-state index in [9.17, 15) is 4.79 Å². The predicted octanol–water partition coefficient (Wildman–Crippen LogP) is 3.38. The molecule has 0 saturated heterocycles. The van der Waals surface area contributed by atoms with Crippen molar-refractivity contribution in [2.45, 2.75) is 12.8 Å². The van der Waals surface area contributed by atoms with Gasteiger partial charge in [0, 0.05) is 17.9 Å². The van der Waals surface area contributed by atoms with Gasteiger partial charge in [-0.25, -0.2) is 0 Å². The number of carbonyl (C=O) groups is 1. The maximum absolute atomic E-state index is 12.1. The molecule has 2 nitrogen and oxygen atoms in total. The summed E-state index contributed by atoms with van der Waals surface area (Å²) in [5.74, 6) is 2.79. The highest BCUT2D eigenvalue weighted by molar-refractivity contribution is 6.45. The Morgan fingerprint density at radius 3 is 2.82 bits per heavy atom. The smallest absolute Gasteiger partial charge is 0.169 e. The lowest BCUT2D eigenvalue weighted by atomic mass is 10.0. The minimum atomic E-state index is -0.185. The molecule has 0 N–H and O–H groups in total. The summed E-state index contributed by atoms with van der Waals surface area (Å²) in [5.41, 5.74) is 1.36. The highest BCUT2D eigenvalue weighted by Crippen LogP contribution is 2.42. The van der Waals surface area contributed by atoms with Crippen molar-refractivity contribution in [2.24, 2.45) is 5.92 Å². The zero-order chi connectivity index (χ0) is 12.6. The van der Waals surface area contributed by atoms with Crippen molar-refractivity contribution < 1.29 is 9.53 Å². The van der Waals surface area contributed by atoms with E-state index in [1.807, 2.05) is 0 Å². The molecule has 0 bridgehead atoms. The first-order chi connectivity index (χ1) is 8.10. The van der Waals surface area contributed by atoms with Crippen LogP contribution in [-0.4, -0.2) is 12.9 Å². The molecule has 1 aromatic carbocycles. The zero-order valence-corrected chi connectivity index (χ0v) is 10.7. The SMILES string of the molecule is C#CCC1Cc2cc(OC)c(Cl)c(Cl)c2C1=O. The number of hydrogen-bond donors (Lipinski definition) is 0. The fraction of sp³-hybridized carbons (Fsp3) is 0.308. The van der Waals surface area contributed by atoms with E-state index in [0.717, 1.165) is 5.56 Å². The first-order valence-corrected chi connectivity index (χ1v) is 5.88. The minimum Gasteiger partial charge on any atom is -0.495 e. The third kappa shape index (κ3) is 1.90. The Balaban J connectivity index is 2.53. The average molecular weight is 269 g/mol. The van der Waals surface area contributed by atoms with Crippen molar-refractivity contribution in [1.82, 2.24) is 0 Å². The molecule has 1 aromatic rings. The van der Waals surface area contributed by atoms with E-state index in [1.165, 1.54) is 7.11 Å². The first-order valence-electron chi connectivity index (χ1n) is 5.12. The van der Waals surface area contributed by atoms with Crippen LogP contribution in [0.25, 0.3) is 0 Å². The second-order valence-corrected chi connectivity index (χ2v) is 4.67. The number of hydrogen-bond acceptors (Lipinski definition) is 2. The summed E-state index contributed by atoms with van der Waals surface area (Å²) >= 11 is 12.1. The Labute approximate surface area is 110 Å². The number of fused-ring (bicyclic) bond motifs is 1. The molecule has 88 valence electrons. The highest BCUT2D eigenvalue weighted by Gasteiger charge is 2.33. The van der Waals surface area contributed by atoms with Crippen molar-refractivity contribution >= 4 is 29.0 Å². The van der Waals surface area contributed by atoms with Crippen LogP contribution in [0.3, 0.4) is 0 Å². The lowest BCUT2D eigenvalue weighted by molar-refractivity contribution is 0.0939. The molecule has 0 heterocycles. The van der Waals surface area contributed by atoms with Crippen molar-refractivity contribution in [2.75, 3.05) is 7.11 Å². The standard InChI is InChI=1S/C13H10Cl2O2/c1-3-4-7-5-8-6-9(17-2)11(14)12(15)10(8)13(7)16/h1,6-7H,4-5H2,2H3. The monoisotopic (exact) mass is 268 g/mol. The number of methoxy groups -OCH3 is 1. The van der Waals surface area contributed by atoms with Gasteiger partial charge in [-0.3, -0.25) is 4.79 Å². The van der Waals surface area contributed by atoms with E-state index < -0.39 is 0 Å². The average Bonchev–Trinajstić information content (AvgIpc) is 2.62. The summed E-state index contributed by atoms with van der Waals surface area (Å²) in [5, 5.41) is 0.549. The van der Waals surface area contributed by atoms with Crippen molar-refractivity contribution in [3.63, 3.8) is 0 Å². The van der Waals surface area contributed by atoms with E-state index >= 15 is 0 Å². The molecular weight excluding hydrogens is 259 g/mol. The molecule has 1 aliphatic rings. The molecule has 1 aliphatic carbocycles. The molecule has 1 atom stereocenters. The lowest BCUT2D eigenvalue weighted by Crippen LogP contribution is -2.08. The van der Waals surface area contributed by atoms with Gasteiger partial charge in [-0.15, -0.1) is 12.3 Å². The van der Waals surface area contributed by atoms with Gasteiger partial charge in [0.25, 0.3) is 0 Å². The third-order valence-electron chi connectivity index (χ3n) is 2.92. The van der Waals surface area contributed by atoms with Crippen LogP contribution in [0.1, 0.15) is 22.3 Å². The summed E-state index contributed by atoms with van der Waals surface area (Å²) in [4.78, 5) is 12.1. The van der Waals surface area contributed by atoms with Crippen LogP contribution in [0.4, 0.5) is 0 Å². The summed E-state index contributed by atoms with van der Waals surface area (Å²) in [7, 11) is 1.51. The largest absolute Gasteiger partial charge is 0.495 e. The van der Waals surface area contributed by atoms with Gasteiger partial charge in [0.15, 0.2) is 5.78 Å². The van der Waals surface area contributed by atoms with E-state index in [2.05, 4.69) is 5.92 Å². The number of terminal acetylenes is 1. The van der Waals surface area contributed by atoms with Crippen molar-refractivity contribution in [3.8, 4) is 18.1 Å². The Hall–Kier alpha value is -1.17. The molecule has 0 aromatic heterocycles. The van der Waals surface area contributed by atoms with Gasteiger partial charge in [-0.1, -0.05) is 23.2 Å². The van der Waals surface area contributed by atoms with Gasteiger partial charge < -0.3 is 4.74 Å². The van der Waals surface area contributed by atoms with Gasteiger partial charge in [0.2, 0.25) is 0 Å². The second kappa shape index (κ2) is 4.60.